The minimum absolute atomic E-state index is 0.0555. The van der Waals surface area contributed by atoms with Crippen LogP contribution in [-0.2, 0) is 4.79 Å². The van der Waals surface area contributed by atoms with E-state index in [0.717, 1.165) is 19.3 Å². The highest BCUT2D eigenvalue weighted by atomic mass is 16.2. The van der Waals surface area contributed by atoms with Crippen LogP contribution in [0.2, 0.25) is 0 Å². The number of fused-ring (bicyclic) bond motifs is 1. The van der Waals surface area contributed by atoms with Gasteiger partial charge in [0.1, 0.15) is 5.92 Å². The molecule has 3 aliphatic carbocycles. The van der Waals surface area contributed by atoms with Gasteiger partial charge in [0.2, 0.25) is 5.91 Å². The maximum absolute atomic E-state index is 12.4. The summed E-state index contributed by atoms with van der Waals surface area (Å²) in [6.07, 6.45) is 4.40. The van der Waals surface area contributed by atoms with E-state index in [2.05, 4.69) is 10.5 Å². The monoisotopic (exact) mass is 310 g/mol. The maximum atomic E-state index is 12.4. The van der Waals surface area contributed by atoms with E-state index in [9.17, 15) is 14.4 Å². The molecule has 0 aromatic heterocycles. The van der Waals surface area contributed by atoms with Crippen LogP contribution in [0.25, 0.3) is 0 Å². The second-order valence-corrected chi connectivity index (χ2v) is 6.91. The Kier molecular flexibility index (Phi) is 3.01. The van der Waals surface area contributed by atoms with Crippen molar-refractivity contribution in [3.8, 4) is 0 Å². The van der Waals surface area contributed by atoms with Crippen molar-refractivity contribution in [2.45, 2.75) is 32.6 Å². The first-order chi connectivity index (χ1) is 11.0. The van der Waals surface area contributed by atoms with E-state index in [1.165, 1.54) is 6.42 Å². The third-order valence-corrected chi connectivity index (χ3v) is 5.60. The molecule has 1 atom stereocenters. The summed E-state index contributed by atoms with van der Waals surface area (Å²) >= 11 is 0. The van der Waals surface area contributed by atoms with Gasteiger partial charge < -0.3 is 0 Å². The standard InChI is InChI=1S/C18H18N2O3/c1-10(19-20-17(23)13-9-18(13)7-4-8-18)14-15(21)11-5-2-3-6-12(11)16(14)22/h2-3,5-6,13-14H,4,7-9H2,1H3,(H,20,23)/t13-/m0/s1. The first kappa shape index (κ1) is 14.3. The summed E-state index contributed by atoms with van der Waals surface area (Å²) in [6, 6.07) is 6.80. The number of benzene rings is 1. The number of carbonyl (C=O) groups is 3. The zero-order chi connectivity index (χ0) is 16.2. The molecule has 0 heterocycles. The Morgan fingerprint density at radius 3 is 2.26 bits per heavy atom. The number of carbonyl (C=O) groups excluding carboxylic acids is 3. The minimum atomic E-state index is -0.899. The first-order valence-electron chi connectivity index (χ1n) is 8.05. The van der Waals surface area contributed by atoms with Gasteiger partial charge in [-0.1, -0.05) is 30.7 Å². The molecular weight excluding hydrogens is 292 g/mol. The van der Waals surface area contributed by atoms with Gasteiger partial charge in [-0.3, -0.25) is 14.4 Å². The van der Waals surface area contributed by atoms with Gasteiger partial charge >= 0.3 is 0 Å². The molecule has 1 amide bonds. The van der Waals surface area contributed by atoms with Gasteiger partial charge in [-0.25, -0.2) is 5.43 Å². The van der Waals surface area contributed by atoms with E-state index in [1.807, 2.05) is 0 Å². The number of hydrogen-bond donors (Lipinski definition) is 1. The van der Waals surface area contributed by atoms with Crippen LogP contribution in [0.4, 0.5) is 0 Å². The van der Waals surface area contributed by atoms with Gasteiger partial charge in [-0.15, -0.1) is 0 Å². The number of nitrogens with zero attached hydrogens (tertiary/aromatic N) is 1. The SMILES string of the molecule is CC(=NNC(=O)[C@@H]1CC12CCC2)C1C(=O)c2ccccc2C1=O. The average Bonchev–Trinajstić information content (AvgIpc) is 3.24. The minimum Gasteiger partial charge on any atom is -0.293 e. The van der Waals surface area contributed by atoms with Gasteiger partial charge in [0.15, 0.2) is 11.6 Å². The lowest BCUT2D eigenvalue weighted by Crippen LogP contribution is -2.30. The molecule has 2 saturated carbocycles. The number of ketones is 2. The van der Waals surface area contributed by atoms with Gasteiger partial charge in [0, 0.05) is 17.0 Å². The summed E-state index contributed by atoms with van der Waals surface area (Å²) < 4.78 is 0. The highest BCUT2D eigenvalue weighted by Gasteiger charge is 2.61. The summed E-state index contributed by atoms with van der Waals surface area (Å²) in [6.45, 7) is 1.62. The Bertz CT molecular complexity index is 726. The van der Waals surface area contributed by atoms with Gasteiger partial charge in [-0.2, -0.15) is 5.10 Å². The van der Waals surface area contributed by atoms with Crippen molar-refractivity contribution in [2.24, 2.45) is 22.4 Å². The molecule has 1 aromatic carbocycles. The van der Waals surface area contributed by atoms with Gasteiger partial charge in [0.05, 0.1) is 5.71 Å². The molecule has 2 fully saturated rings. The van der Waals surface area contributed by atoms with Crippen molar-refractivity contribution in [3.05, 3.63) is 35.4 Å². The van der Waals surface area contributed by atoms with Crippen LogP contribution in [0.3, 0.4) is 0 Å². The number of hydrogen-bond acceptors (Lipinski definition) is 4. The lowest BCUT2D eigenvalue weighted by Gasteiger charge is -2.25. The van der Waals surface area contributed by atoms with E-state index in [4.69, 9.17) is 0 Å². The molecule has 0 unspecified atom stereocenters. The predicted octanol–water partition coefficient (Wildman–Crippen LogP) is 2.36. The van der Waals surface area contributed by atoms with Crippen molar-refractivity contribution in [3.63, 3.8) is 0 Å². The molecule has 5 nitrogen and oxygen atoms in total. The van der Waals surface area contributed by atoms with E-state index < -0.39 is 5.92 Å². The highest BCUT2D eigenvalue weighted by molar-refractivity contribution is 6.36. The number of rotatable bonds is 3. The zero-order valence-corrected chi connectivity index (χ0v) is 13.0. The third kappa shape index (κ3) is 2.06. The van der Waals surface area contributed by atoms with Crippen molar-refractivity contribution >= 4 is 23.2 Å². The molecule has 118 valence electrons. The first-order valence-corrected chi connectivity index (χ1v) is 8.05. The maximum Gasteiger partial charge on any atom is 0.243 e. The Hall–Kier alpha value is -2.30. The molecule has 23 heavy (non-hydrogen) atoms. The summed E-state index contributed by atoms with van der Waals surface area (Å²) in [4.78, 5) is 36.9. The molecule has 1 N–H and O–H groups in total. The van der Waals surface area contributed by atoms with Gasteiger partial charge in [0.25, 0.3) is 0 Å². The predicted molar refractivity (Wildman–Crippen MR) is 84.2 cm³/mol. The fourth-order valence-corrected chi connectivity index (χ4v) is 3.91. The Morgan fingerprint density at radius 1 is 1.17 bits per heavy atom. The second kappa shape index (κ2) is 4.85. The molecule has 1 spiro atoms. The molecule has 4 rings (SSSR count). The highest BCUT2D eigenvalue weighted by Crippen LogP contribution is 2.65. The van der Waals surface area contributed by atoms with E-state index in [0.29, 0.717) is 16.8 Å². The summed E-state index contributed by atoms with van der Waals surface area (Å²) in [5, 5.41) is 4.05. The quantitative estimate of drug-likeness (QED) is 0.529. The van der Waals surface area contributed by atoms with Crippen LogP contribution < -0.4 is 5.43 Å². The second-order valence-electron chi connectivity index (χ2n) is 6.91. The van der Waals surface area contributed by atoms with Crippen LogP contribution in [-0.4, -0.2) is 23.2 Å². The molecule has 0 bridgehead atoms. The van der Waals surface area contributed by atoms with Gasteiger partial charge in [-0.05, 0) is 31.6 Å². The van der Waals surface area contributed by atoms with Crippen LogP contribution in [0, 0.1) is 17.3 Å². The number of amides is 1. The fraction of sp³-hybridized carbons (Fsp3) is 0.444. The van der Waals surface area contributed by atoms with E-state index >= 15 is 0 Å². The largest absolute Gasteiger partial charge is 0.293 e. The van der Waals surface area contributed by atoms with Crippen molar-refractivity contribution in [1.82, 2.24) is 5.43 Å². The number of hydrazone groups is 1. The molecule has 3 aliphatic rings. The number of nitrogens with one attached hydrogen (secondary N) is 1. The van der Waals surface area contributed by atoms with Crippen molar-refractivity contribution in [2.75, 3.05) is 0 Å². The van der Waals surface area contributed by atoms with Crippen LogP contribution in [0.5, 0.6) is 0 Å². The van der Waals surface area contributed by atoms with Crippen LogP contribution >= 0.6 is 0 Å². The smallest absolute Gasteiger partial charge is 0.243 e. The third-order valence-electron chi connectivity index (χ3n) is 5.60. The fourth-order valence-electron chi connectivity index (χ4n) is 3.91. The molecular formula is C18H18N2O3. The Morgan fingerprint density at radius 2 is 1.78 bits per heavy atom. The zero-order valence-electron chi connectivity index (χ0n) is 13.0. The lowest BCUT2D eigenvalue weighted by molar-refractivity contribution is -0.123. The van der Waals surface area contributed by atoms with Crippen molar-refractivity contribution in [1.29, 1.82) is 0 Å². The average molecular weight is 310 g/mol. The van der Waals surface area contributed by atoms with Crippen LogP contribution in [0.15, 0.2) is 29.4 Å². The van der Waals surface area contributed by atoms with E-state index in [1.54, 1.807) is 31.2 Å². The summed E-state index contributed by atoms with van der Waals surface area (Å²) in [5.41, 5.74) is 4.04. The number of Topliss-reactive ketones (excluding diaryl/α,β-unsaturated/α-hetero) is 2. The summed E-state index contributed by atoms with van der Waals surface area (Å²) in [5.74, 6) is -1.39. The van der Waals surface area contributed by atoms with Crippen molar-refractivity contribution < 1.29 is 14.4 Å². The Balaban J connectivity index is 1.47. The summed E-state index contributed by atoms with van der Waals surface area (Å²) in [7, 11) is 0. The van der Waals surface area contributed by atoms with Crippen LogP contribution in [0.1, 0.15) is 53.3 Å². The molecule has 0 saturated heterocycles. The molecule has 0 radical (unpaired) electrons. The molecule has 1 aromatic rings. The van der Waals surface area contributed by atoms with E-state index in [-0.39, 0.29) is 28.8 Å². The Labute approximate surface area is 134 Å². The normalized spacial score (nSPS) is 25.3. The topological polar surface area (TPSA) is 75.6 Å². The lowest BCUT2D eigenvalue weighted by atomic mass is 9.80. The molecule has 0 aliphatic heterocycles. The molecule has 5 heteroatoms.